The summed E-state index contributed by atoms with van der Waals surface area (Å²) in [5.41, 5.74) is 4.49. The van der Waals surface area contributed by atoms with Gasteiger partial charge in [-0.15, -0.1) is 11.3 Å². The van der Waals surface area contributed by atoms with E-state index in [1.807, 2.05) is 49.6 Å². The van der Waals surface area contributed by atoms with E-state index in [1.165, 1.54) is 11.3 Å². The molecule has 36 heavy (non-hydrogen) atoms. The third-order valence-corrected chi connectivity index (χ3v) is 6.14. The third-order valence-electron chi connectivity index (χ3n) is 5.38. The Morgan fingerprint density at radius 2 is 1.86 bits per heavy atom. The first kappa shape index (κ1) is 23.3. The molecule has 0 saturated heterocycles. The van der Waals surface area contributed by atoms with Gasteiger partial charge in [-0.2, -0.15) is 0 Å². The summed E-state index contributed by atoms with van der Waals surface area (Å²) < 4.78 is 16.5. The normalized spacial score (nSPS) is 10.7. The molecule has 0 aliphatic carbocycles. The number of nitrogens with one attached hydrogen (secondary N) is 1. The monoisotopic (exact) mass is 498 g/mol. The maximum absolute atomic E-state index is 12.7. The van der Waals surface area contributed by atoms with E-state index < -0.39 is 5.97 Å². The van der Waals surface area contributed by atoms with Crippen LogP contribution in [-0.4, -0.2) is 21.1 Å². The van der Waals surface area contributed by atoms with Gasteiger partial charge in [0.25, 0.3) is 0 Å². The summed E-state index contributed by atoms with van der Waals surface area (Å²) in [7, 11) is 0. The smallest absolute Gasteiger partial charge is 0.343 e. The van der Waals surface area contributed by atoms with Crippen LogP contribution < -0.4 is 14.8 Å². The number of carbonyl (C=O) groups excluding carboxylic acids is 1. The Morgan fingerprint density at radius 1 is 1.00 bits per heavy atom. The summed E-state index contributed by atoms with van der Waals surface area (Å²) in [5.74, 6) is 1.32. The number of thiazole rings is 1. The Labute approximate surface area is 211 Å². The van der Waals surface area contributed by atoms with Gasteiger partial charge in [-0.3, -0.25) is 4.98 Å². The van der Waals surface area contributed by atoms with Gasteiger partial charge in [-0.1, -0.05) is 17.3 Å². The maximum atomic E-state index is 12.7. The number of esters is 1. The first-order valence-electron chi connectivity index (χ1n) is 11.2. The Morgan fingerprint density at radius 3 is 2.61 bits per heavy atom. The highest BCUT2D eigenvalue weighted by Gasteiger charge is 2.12. The molecule has 180 valence electrons. The summed E-state index contributed by atoms with van der Waals surface area (Å²) in [6, 6.07) is 19.7. The predicted octanol–water partition coefficient (Wildman–Crippen LogP) is 6.35. The van der Waals surface area contributed by atoms with Crippen LogP contribution in [0.25, 0.3) is 11.4 Å². The number of benzene rings is 2. The lowest BCUT2D eigenvalue weighted by molar-refractivity contribution is 0.0735. The molecule has 0 atom stereocenters. The summed E-state index contributed by atoms with van der Waals surface area (Å²) in [4.78, 5) is 21.6. The van der Waals surface area contributed by atoms with Crippen LogP contribution in [0.2, 0.25) is 0 Å². The van der Waals surface area contributed by atoms with Crippen molar-refractivity contribution in [2.75, 3.05) is 5.32 Å². The van der Waals surface area contributed by atoms with Crippen molar-refractivity contribution >= 4 is 28.1 Å². The third kappa shape index (κ3) is 5.42. The number of anilines is 2. The van der Waals surface area contributed by atoms with Crippen molar-refractivity contribution in [3.05, 3.63) is 101 Å². The molecule has 1 N–H and O–H groups in total. The predicted molar refractivity (Wildman–Crippen MR) is 137 cm³/mol. The summed E-state index contributed by atoms with van der Waals surface area (Å²) >= 11 is 1.47. The van der Waals surface area contributed by atoms with Gasteiger partial charge in [0.15, 0.2) is 5.13 Å². The highest BCUT2D eigenvalue weighted by atomic mass is 32.1. The summed E-state index contributed by atoms with van der Waals surface area (Å²) in [5, 5.41) is 9.83. The molecule has 5 aromatic rings. The second-order valence-electron chi connectivity index (χ2n) is 7.91. The summed E-state index contributed by atoms with van der Waals surface area (Å²) in [6.07, 6.45) is 1.74. The maximum Gasteiger partial charge on any atom is 0.343 e. The van der Waals surface area contributed by atoms with Crippen molar-refractivity contribution in [2.24, 2.45) is 0 Å². The lowest BCUT2D eigenvalue weighted by atomic mass is 10.2. The van der Waals surface area contributed by atoms with Gasteiger partial charge in [0.05, 0.1) is 22.5 Å². The zero-order chi connectivity index (χ0) is 24.9. The van der Waals surface area contributed by atoms with Crippen LogP contribution in [0.1, 0.15) is 27.4 Å². The highest BCUT2D eigenvalue weighted by molar-refractivity contribution is 7.14. The van der Waals surface area contributed by atoms with Gasteiger partial charge < -0.3 is 19.3 Å². The minimum absolute atomic E-state index is 0.340. The Hall–Kier alpha value is -4.50. The molecule has 0 radical (unpaired) electrons. The van der Waals surface area contributed by atoms with Gasteiger partial charge in [-0.05, 0) is 62.4 Å². The molecule has 5 rings (SSSR count). The molecule has 0 unspecified atom stereocenters. The molecule has 0 bridgehead atoms. The fourth-order valence-electron chi connectivity index (χ4n) is 3.44. The van der Waals surface area contributed by atoms with Crippen LogP contribution in [0.15, 0.2) is 82.8 Å². The molecular formula is C27H22N4O4S. The van der Waals surface area contributed by atoms with Crippen molar-refractivity contribution in [3.8, 4) is 22.9 Å². The van der Waals surface area contributed by atoms with Crippen LogP contribution in [0.4, 0.5) is 10.8 Å². The van der Waals surface area contributed by atoms with E-state index in [-0.39, 0.29) is 0 Å². The van der Waals surface area contributed by atoms with Crippen molar-refractivity contribution in [1.82, 2.24) is 15.1 Å². The van der Waals surface area contributed by atoms with E-state index in [9.17, 15) is 4.79 Å². The molecule has 0 aliphatic heterocycles. The van der Waals surface area contributed by atoms with Gasteiger partial charge in [0.1, 0.15) is 29.6 Å². The fourth-order valence-corrected chi connectivity index (χ4v) is 4.17. The molecular weight excluding hydrogens is 476 g/mol. The number of nitrogens with zero attached hydrogens (tertiary/aromatic N) is 3. The number of pyridine rings is 1. The first-order valence-corrected chi connectivity index (χ1v) is 12.0. The van der Waals surface area contributed by atoms with Gasteiger partial charge >= 0.3 is 5.97 Å². The molecule has 0 amide bonds. The molecule has 0 fully saturated rings. The van der Waals surface area contributed by atoms with Crippen LogP contribution in [0.3, 0.4) is 0 Å². The number of carbonyl (C=O) groups is 1. The molecule has 0 saturated carbocycles. The molecule has 3 heterocycles. The quantitative estimate of drug-likeness (QED) is 0.195. The van der Waals surface area contributed by atoms with Crippen LogP contribution in [0, 0.1) is 13.8 Å². The Kier molecular flexibility index (Phi) is 6.72. The largest absolute Gasteiger partial charge is 0.489 e. The molecule has 9 heteroatoms. The van der Waals surface area contributed by atoms with E-state index in [0.717, 1.165) is 34.1 Å². The SMILES string of the molecule is Cc1noc(C)c1COc1ccc(C(=O)Oc2cccc(Nc3nc(-c4ccccn4)cs3)c2)cc1. The Bertz CT molecular complexity index is 1460. The number of aromatic nitrogens is 3. The van der Waals surface area contributed by atoms with E-state index in [1.54, 1.807) is 42.6 Å². The highest BCUT2D eigenvalue weighted by Crippen LogP contribution is 2.28. The van der Waals surface area contributed by atoms with Crippen molar-refractivity contribution in [3.63, 3.8) is 0 Å². The van der Waals surface area contributed by atoms with E-state index in [4.69, 9.17) is 14.0 Å². The molecule has 8 nitrogen and oxygen atoms in total. The number of hydrogen-bond acceptors (Lipinski definition) is 9. The zero-order valence-corrected chi connectivity index (χ0v) is 20.4. The lowest BCUT2D eigenvalue weighted by Gasteiger charge is -2.09. The molecule has 3 aromatic heterocycles. The molecule has 2 aromatic carbocycles. The Balaban J connectivity index is 1.19. The average Bonchev–Trinajstić information content (AvgIpc) is 3.49. The van der Waals surface area contributed by atoms with Gasteiger partial charge in [0, 0.05) is 23.3 Å². The van der Waals surface area contributed by atoms with Crippen molar-refractivity contribution < 1.29 is 18.8 Å². The minimum atomic E-state index is -0.462. The number of rotatable bonds is 8. The lowest BCUT2D eigenvalue weighted by Crippen LogP contribution is -2.08. The summed E-state index contributed by atoms with van der Waals surface area (Å²) in [6.45, 7) is 4.06. The number of ether oxygens (including phenoxy) is 2. The topological polar surface area (TPSA) is 99.4 Å². The minimum Gasteiger partial charge on any atom is -0.489 e. The molecule has 0 spiro atoms. The zero-order valence-electron chi connectivity index (χ0n) is 19.6. The number of aryl methyl sites for hydroxylation is 2. The van der Waals surface area contributed by atoms with Crippen LogP contribution in [0.5, 0.6) is 11.5 Å². The number of hydrogen-bond donors (Lipinski definition) is 1. The fraction of sp³-hybridized carbons (Fsp3) is 0.111. The van der Waals surface area contributed by atoms with Gasteiger partial charge in [0.2, 0.25) is 0 Å². The van der Waals surface area contributed by atoms with E-state index in [2.05, 4.69) is 20.4 Å². The van der Waals surface area contributed by atoms with Crippen LogP contribution in [-0.2, 0) is 6.61 Å². The van der Waals surface area contributed by atoms with E-state index in [0.29, 0.717) is 28.8 Å². The second kappa shape index (κ2) is 10.4. The second-order valence-corrected chi connectivity index (χ2v) is 8.77. The average molecular weight is 499 g/mol. The van der Waals surface area contributed by atoms with E-state index >= 15 is 0 Å². The van der Waals surface area contributed by atoms with Crippen molar-refractivity contribution in [2.45, 2.75) is 20.5 Å². The first-order chi connectivity index (χ1) is 17.5. The standard InChI is InChI=1S/C27H22N4O4S/c1-17-23(18(2)35-31-17)15-33-21-11-9-19(10-12-21)26(32)34-22-7-5-6-20(14-22)29-27-30-25(16-36-27)24-8-3-4-13-28-24/h3-14,16H,15H2,1-2H3,(H,29,30). The van der Waals surface area contributed by atoms with Gasteiger partial charge in [-0.25, -0.2) is 9.78 Å². The van der Waals surface area contributed by atoms with Crippen molar-refractivity contribution in [1.29, 1.82) is 0 Å². The van der Waals surface area contributed by atoms with Crippen LogP contribution >= 0.6 is 11.3 Å². The molecule has 0 aliphatic rings.